The van der Waals surface area contributed by atoms with Crippen LogP contribution >= 0.6 is 0 Å². The highest BCUT2D eigenvalue weighted by atomic mass is 16.5. The van der Waals surface area contributed by atoms with Crippen LogP contribution in [-0.4, -0.2) is 23.3 Å². The molecule has 0 fully saturated rings. The van der Waals surface area contributed by atoms with Crippen LogP contribution in [0.25, 0.3) is 0 Å². The van der Waals surface area contributed by atoms with Crippen molar-refractivity contribution in [1.29, 1.82) is 0 Å². The van der Waals surface area contributed by atoms with Crippen molar-refractivity contribution in [2.75, 3.05) is 6.61 Å². The van der Waals surface area contributed by atoms with Gasteiger partial charge in [-0.25, -0.2) is 4.79 Å². The molecule has 3 nitrogen and oxygen atoms in total. The quantitative estimate of drug-likeness (QED) is 0.668. The lowest BCUT2D eigenvalue weighted by Gasteiger charge is -2.20. The van der Waals surface area contributed by atoms with E-state index in [9.17, 15) is 9.90 Å². The molecule has 1 atom stereocenters. The Hall–Kier alpha value is -0.570. The third kappa shape index (κ3) is 4.88. The SMILES string of the molecule is CCCC(C)(O)C(=O)OCC(C)C. The smallest absolute Gasteiger partial charge is 0.337 e. The maximum Gasteiger partial charge on any atom is 0.337 e. The summed E-state index contributed by atoms with van der Waals surface area (Å²) >= 11 is 0. The van der Waals surface area contributed by atoms with Crippen LogP contribution in [0.1, 0.15) is 40.5 Å². The average molecular weight is 188 g/mol. The van der Waals surface area contributed by atoms with Gasteiger partial charge in [0.25, 0.3) is 0 Å². The van der Waals surface area contributed by atoms with Crippen LogP contribution in [-0.2, 0) is 9.53 Å². The lowest BCUT2D eigenvalue weighted by Crippen LogP contribution is -2.37. The molecular formula is C10H20O3. The number of hydrogen-bond acceptors (Lipinski definition) is 3. The Labute approximate surface area is 80.1 Å². The molecule has 1 unspecified atom stereocenters. The number of carbonyl (C=O) groups excluding carboxylic acids is 1. The summed E-state index contributed by atoms with van der Waals surface area (Å²) in [6.07, 6.45) is 1.22. The van der Waals surface area contributed by atoms with Gasteiger partial charge < -0.3 is 9.84 Å². The van der Waals surface area contributed by atoms with Crippen LogP contribution < -0.4 is 0 Å². The number of esters is 1. The van der Waals surface area contributed by atoms with E-state index in [2.05, 4.69) is 0 Å². The van der Waals surface area contributed by atoms with E-state index in [1.807, 2.05) is 20.8 Å². The predicted molar refractivity (Wildman–Crippen MR) is 51.3 cm³/mol. The molecule has 0 aliphatic heterocycles. The lowest BCUT2D eigenvalue weighted by molar-refractivity contribution is -0.165. The lowest BCUT2D eigenvalue weighted by atomic mass is 10.0. The van der Waals surface area contributed by atoms with Gasteiger partial charge in [-0.05, 0) is 19.3 Å². The van der Waals surface area contributed by atoms with Gasteiger partial charge >= 0.3 is 5.97 Å². The fourth-order valence-electron chi connectivity index (χ4n) is 0.987. The fourth-order valence-corrected chi connectivity index (χ4v) is 0.987. The number of aliphatic hydroxyl groups is 1. The molecule has 0 aromatic heterocycles. The van der Waals surface area contributed by atoms with Crippen LogP contribution in [0.4, 0.5) is 0 Å². The Morgan fingerprint density at radius 3 is 2.46 bits per heavy atom. The number of ether oxygens (including phenoxy) is 1. The van der Waals surface area contributed by atoms with Crippen molar-refractivity contribution >= 4 is 5.97 Å². The second kappa shape index (κ2) is 5.22. The second-order valence-electron chi connectivity index (χ2n) is 4.02. The molecule has 3 heteroatoms. The van der Waals surface area contributed by atoms with Crippen molar-refractivity contribution in [3.05, 3.63) is 0 Å². The van der Waals surface area contributed by atoms with E-state index in [1.54, 1.807) is 0 Å². The van der Waals surface area contributed by atoms with Gasteiger partial charge in [-0.1, -0.05) is 27.2 Å². The first kappa shape index (κ1) is 12.4. The van der Waals surface area contributed by atoms with E-state index >= 15 is 0 Å². The molecule has 0 aliphatic rings. The van der Waals surface area contributed by atoms with Crippen LogP contribution in [0, 0.1) is 5.92 Å². The minimum atomic E-state index is -1.32. The molecule has 0 bridgehead atoms. The largest absolute Gasteiger partial charge is 0.463 e. The van der Waals surface area contributed by atoms with Crippen molar-refractivity contribution in [1.82, 2.24) is 0 Å². The molecule has 78 valence electrons. The standard InChI is InChI=1S/C10H20O3/c1-5-6-10(4,12)9(11)13-7-8(2)3/h8,12H,5-7H2,1-4H3. The van der Waals surface area contributed by atoms with E-state index in [4.69, 9.17) is 4.74 Å². The highest BCUT2D eigenvalue weighted by molar-refractivity contribution is 5.78. The minimum absolute atomic E-state index is 0.307. The van der Waals surface area contributed by atoms with Crippen LogP contribution in [0.5, 0.6) is 0 Å². The normalized spacial score (nSPS) is 15.5. The summed E-state index contributed by atoms with van der Waals surface area (Å²) in [5.41, 5.74) is -1.32. The second-order valence-corrected chi connectivity index (χ2v) is 4.02. The van der Waals surface area contributed by atoms with Crippen LogP contribution in [0.15, 0.2) is 0 Å². The maximum absolute atomic E-state index is 11.3. The van der Waals surface area contributed by atoms with Gasteiger partial charge in [0.15, 0.2) is 5.60 Å². The summed E-state index contributed by atoms with van der Waals surface area (Å²) < 4.78 is 4.93. The highest BCUT2D eigenvalue weighted by Crippen LogP contribution is 2.14. The number of carbonyl (C=O) groups is 1. The number of rotatable bonds is 5. The summed E-state index contributed by atoms with van der Waals surface area (Å²) in [5, 5.41) is 9.62. The summed E-state index contributed by atoms with van der Waals surface area (Å²) in [6, 6.07) is 0. The van der Waals surface area contributed by atoms with E-state index in [0.717, 1.165) is 6.42 Å². The van der Waals surface area contributed by atoms with E-state index in [0.29, 0.717) is 18.9 Å². The van der Waals surface area contributed by atoms with E-state index in [1.165, 1.54) is 6.92 Å². The van der Waals surface area contributed by atoms with Gasteiger partial charge in [-0.15, -0.1) is 0 Å². The van der Waals surface area contributed by atoms with Gasteiger partial charge in [0.1, 0.15) is 0 Å². The third-order valence-electron chi connectivity index (χ3n) is 1.72. The molecule has 0 spiro atoms. The third-order valence-corrected chi connectivity index (χ3v) is 1.72. The molecule has 0 radical (unpaired) electrons. The van der Waals surface area contributed by atoms with Gasteiger partial charge in [-0.3, -0.25) is 0 Å². The Bertz CT molecular complexity index is 162. The average Bonchev–Trinajstić information content (AvgIpc) is 1.99. The molecule has 13 heavy (non-hydrogen) atoms. The molecule has 0 aromatic carbocycles. The summed E-state index contributed by atoms with van der Waals surface area (Å²) in [6.45, 7) is 7.71. The Balaban J connectivity index is 3.94. The molecule has 0 aliphatic carbocycles. The molecule has 0 aromatic rings. The Morgan fingerprint density at radius 1 is 1.54 bits per heavy atom. The monoisotopic (exact) mass is 188 g/mol. The van der Waals surface area contributed by atoms with Gasteiger partial charge in [0.2, 0.25) is 0 Å². The zero-order chi connectivity index (χ0) is 10.5. The summed E-state index contributed by atoms with van der Waals surface area (Å²) in [5.74, 6) is -0.204. The molecule has 0 saturated heterocycles. The summed E-state index contributed by atoms with van der Waals surface area (Å²) in [4.78, 5) is 11.3. The predicted octanol–water partition coefficient (Wildman–Crippen LogP) is 1.74. The maximum atomic E-state index is 11.3. The summed E-state index contributed by atoms with van der Waals surface area (Å²) in [7, 11) is 0. The zero-order valence-corrected chi connectivity index (χ0v) is 8.96. The molecule has 0 saturated carbocycles. The first-order valence-electron chi connectivity index (χ1n) is 4.79. The molecule has 0 rings (SSSR count). The first-order chi connectivity index (χ1) is 5.90. The minimum Gasteiger partial charge on any atom is -0.463 e. The van der Waals surface area contributed by atoms with Gasteiger partial charge in [0.05, 0.1) is 6.61 Å². The number of hydrogen-bond donors (Lipinski definition) is 1. The molecule has 0 heterocycles. The van der Waals surface area contributed by atoms with E-state index in [-0.39, 0.29) is 0 Å². The van der Waals surface area contributed by atoms with Gasteiger partial charge in [0, 0.05) is 0 Å². The van der Waals surface area contributed by atoms with Crippen molar-refractivity contribution in [3.63, 3.8) is 0 Å². The Kier molecular flexibility index (Phi) is 4.99. The zero-order valence-electron chi connectivity index (χ0n) is 8.96. The van der Waals surface area contributed by atoms with Crippen molar-refractivity contribution in [3.8, 4) is 0 Å². The molecule has 0 amide bonds. The van der Waals surface area contributed by atoms with E-state index < -0.39 is 11.6 Å². The Morgan fingerprint density at radius 2 is 2.08 bits per heavy atom. The topological polar surface area (TPSA) is 46.5 Å². The van der Waals surface area contributed by atoms with Crippen molar-refractivity contribution in [2.24, 2.45) is 5.92 Å². The molecule has 1 N–H and O–H groups in total. The van der Waals surface area contributed by atoms with Crippen LogP contribution in [0.2, 0.25) is 0 Å². The van der Waals surface area contributed by atoms with Crippen LogP contribution in [0.3, 0.4) is 0 Å². The van der Waals surface area contributed by atoms with Crippen molar-refractivity contribution in [2.45, 2.75) is 46.1 Å². The fraction of sp³-hybridized carbons (Fsp3) is 0.900. The first-order valence-corrected chi connectivity index (χ1v) is 4.79. The van der Waals surface area contributed by atoms with Gasteiger partial charge in [-0.2, -0.15) is 0 Å². The van der Waals surface area contributed by atoms with Crippen molar-refractivity contribution < 1.29 is 14.6 Å². The highest BCUT2D eigenvalue weighted by Gasteiger charge is 2.30. The molecular weight excluding hydrogens is 168 g/mol.